The third kappa shape index (κ3) is 3.05. The summed E-state index contributed by atoms with van der Waals surface area (Å²) in [6.45, 7) is 3.77. The molecule has 0 radical (unpaired) electrons. The second kappa shape index (κ2) is 6.00. The molecule has 0 saturated carbocycles. The zero-order valence-corrected chi connectivity index (χ0v) is 11.2. The summed E-state index contributed by atoms with van der Waals surface area (Å²) in [5.41, 5.74) is 6.26. The van der Waals surface area contributed by atoms with E-state index in [0.717, 1.165) is 3.57 Å². The Bertz CT molecular complexity index is 384. The highest BCUT2D eigenvalue weighted by atomic mass is 127. The van der Waals surface area contributed by atoms with Gasteiger partial charge in [-0.3, -0.25) is 10.1 Å². The maximum absolute atomic E-state index is 10.9. The minimum Gasteiger partial charge on any atom is -0.365 e. The standard InChI is InChI=1S/C10H14IN3O2/c1-2-13(6-5-12)9-4-3-8(11)7-10(9)14(15)16/h3-4,7H,2,5-6,12H2,1H3. The highest BCUT2D eigenvalue weighted by molar-refractivity contribution is 14.1. The van der Waals surface area contributed by atoms with Crippen LogP contribution in [0.3, 0.4) is 0 Å². The van der Waals surface area contributed by atoms with Crippen molar-refractivity contribution in [3.63, 3.8) is 0 Å². The van der Waals surface area contributed by atoms with Crippen molar-refractivity contribution >= 4 is 34.0 Å². The minimum absolute atomic E-state index is 0.141. The summed E-state index contributed by atoms with van der Waals surface area (Å²) in [6.07, 6.45) is 0. The fourth-order valence-corrected chi connectivity index (χ4v) is 1.99. The van der Waals surface area contributed by atoms with Crippen molar-refractivity contribution in [2.75, 3.05) is 24.5 Å². The number of nitrogens with zero attached hydrogens (tertiary/aromatic N) is 2. The predicted molar refractivity (Wildman–Crippen MR) is 72.8 cm³/mol. The van der Waals surface area contributed by atoms with Crippen molar-refractivity contribution in [3.8, 4) is 0 Å². The van der Waals surface area contributed by atoms with Crippen molar-refractivity contribution in [2.24, 2.45) is 5.73 Å². The molecule has 0 bridgehead atoms. The number of benzene rings is 1. The minimum atomic E-state index is -0.351. The molecule has 0 aromatic heterocycles. The van der Waals surface area contributed by atoms with Crippen LogP contribution in [0.25, 0.3) is 0 Å². The highest BCUT2D eigenvalue weighted by Gasteiger charge is 2.18. The topological polar surface area (TPSA) is 72.4 Å². The molecule has 5 nitrogen and oxygen atoms in total. The molecule has 0 saturated heterocycles. The largest absolute Gasteiger partial charge is 0.365 e. The predicted octanol–water partition coefficient (Wildman–Crippen LogP) is 1.98. The second-order valence-electron chi connectivity index (χ2n) is 3.26. The lowest BCUT2D eigenvalue weighted by molar-refractivity contribution is -0.384. The van der Waals surface area contributed by atoms with E-state index in [1.54, 1.807) is 12.1 Å². The SMILES string of the molecule is CCN(CCN)c1ccc(I)cc1[N+](=O)[O-]. The van der Waals surface area contributed by atoms with Crippen LogP contribution in [-0.2, 0) is 0 Å². The lowest BCUT2D eigenvalue weighted by atomic mass is 10.2. The number of nitrogens with two attached hydrogens (primary N) is 1. The first-order chi connectivity index (χ1) is 7.60. The Morgan fingerprint density at radius 1 is 1.56 bits per heavy atom. The zero-order chi connectivity index (χ0) is 12.1. The fraction of sp³-hybridized carbons (Fsp3) is 0.400. The molecule has 0 unspecified atom stereocenters. The molecule has 1 rings (SSSR count). The van der Waals surface area contributed by atoms with E-state index in [-0.39, 0.29) is 10.6 Å². The van der Waals surface area contributed by atoms with Crippen LogP contribution in [-0.4, -0.2) is 24.6 Å². The summed E-state index contributed by atoms with van der Waals surface area (Å²) in [4.78, 5) is 12.5. The molecule has 16 heavy (non-hydrogen) atoms. The molecule has 0 fully saturated rings. The lowest BCUT2D eigenvalue weighted by Crippen LogP contribution is -2.29. The van der Waals surface area contributed by atoms with E-state index in [1.807, 2.05) is 17.9 Å². The third-order valence-electron chi connectivity index (χ3n) is 2.26. The van der Waals surface area contributed by atoms with E-state index in [2.05, 4.69) is 22.6 Å². The average Bonchev–Trinajstić information content (AvgIpc) is 2.26. The maximum atomic E-state index is 10.9. The van der Waals surface area contributed by atoms with Gasteiger partial charge in [0.15, 0.2) is 0 Å². The number of rotatable bonds is 5. The Kier molecular flexibility index (Phi) is 4.94. The summed E-state index contributed by atoms with van der Waals surface area (Å²) in [7, 11) is 0. The normalized spacial score (nSPS) is 10.2. The third-order valence-corrected chi connectivity index (χ3v) is 2.93. The number of hydrogen-bond acceptors (Lipinski definition) is 4. The Balaban J connectivity index is 3.14. The number of nitro groups is 1. The molecule has 2 N–H and O–H groups in total. The van der Waals surface area contributed by atoms with Crippen LogP contribution in [0.5, 0.6) is 0 Å². The van der Waals surface area contributed by atoms with Gasteiger partial charge in [-0.25, -0.2) is 0 Å². The summed E-state index contributed by atoms with van der Waals surface area (Å²) in [5.74, 6) is 0. The van der Waals surface area contributed by atoms with E-state index in [1.165, 1.54) is 0 Å². The van der Waals surface area contributed by atoms with E-state index >= 15 is 0 Å². The van der Waals surface area contributed by atoms with E-state index < -0.39 is 0 Å². The van der Waals surface area contributed by atoms with Gasteiger partial charge in [0.05, 0.1) is 4.92 Å². The van der Waals surface area contributed by atoms with Gasteiger partial charge in [0.2, 0.25) is 0 Å². The van der Waals surface area contributed by atoms with Gasteiger partial charge in [0.1, 0.15) is 5.69 Å². The number of halogens is 1. The van der Waals surface area contributed by atoms with Crippen LogP contribution in [0.1, 0.15) is 6.92 Å². The van der Waals surface area contributed by atoms with E-state index in [4.69, 9.17) is 5.73 Å². The molecule has 0 aliphatic heterocycles. The molecule has 0 heterocycles. The summed E-state index contributed by atoms with van der Waals surface area (Å²) < 4.78 is 0.858. The Morgan fingerprint density at radius 2 is 2.25 bits per heavy atom. The lowest BCUT2D eigenvalue weighted by Gasteiger charge is -2.21. The van der Waals surface area contributed by atoms with E-state index in [9.17, 15) is 10.1 Å². The quantitative estimate of drug-likeness (QED) is 0.507. The molecule has 1 aromatic rings. The number of likely N-dealkylation sites (N-methyl/N-ethyl adjacent to an activating group) is 1. The Morgan fingerprint density at radius 3 is 2.75 bits per heavy atom. The molecule has 0 atom stereocenters. The Hall–Kier alpha value is -0.890. The first kappa shape index (κ1) is 13.2. The van der Waals surface area contributed by atoms with Crippen LogP contribution in [0.2, 0.25) is 0 Å². The van der Waals surface area contributed by atoms with Crippen LogP contribution >= 0.6 is 22.6 Å². The molecule has 1 aromatic carbocycles. The summed E-state index contributed by atoms with van der Waals surface area (Å²) in [5, 5.41) is 10.9. The van der Waals surface area contributed by atoms with Crippen molar-refractivity contribution in [1.29, 1.82) is 0 Å². The van der Waals surface area contributed by atoms with Crippen LogP contribution < -0.4 is 10.6 Å². The first-order valence-corrected chi connectivity index (χ1v) is 6.07. The van der Waals surface area contributed by atoms with Gasteiger partial charge in [0, 0.05) is 29.3 Å². The van der Waals surface area contributed by atoms with Gasteiger partial charge >= 0.3 is 0 Å². The smallest absolute Gasteiger partial charge is 0.293 e. The molecule has 88 valence electrons. The first-order valence-electron chi connectivity index (χ1n) is 4.99. The molecular weight excluding hydrogens is 321 g/mol. The fourth-order valence-electron chi connectivity index (χ4n) is 1.51. The molecule has 6 heteroatoms. The van der Waals surface area contributed by atoms with Crippen LogP contribution in [0.15, 0.2) is 18.2 Å². The number of anilines is 1. The average molecular weight is 335 g/mol. The van der Waals surface area contributed by atoms with Crippen molar-refractivity contribution in [1.82, 2.24) is 0 Å². The highest BCUT2D eigenvalue weighted by Crippen LogP contribution is 2.29. The van der Waals surface area contributed by atoms with Gasteiger partial charge in [-0.1, -0.05) is 0 Å². The van der Waals surface area contributed by atoms with Crippen molar-refractivity contribution < 1.29 is 4.92 Å². The Labute approximate surface area is 108 Å². The molecule has 0 spiro atoms. The molecule has 0 aliphatic carbocycles. The van der Waals surface area contributed by atoms with Gasteiger partial charge in [-0.05, 0) is 41.6 Å². The molecule has 0 aliphatic rings. The van der Waals surface area contributed by atoms with Gasteiger partial charge in [-0.15, -0.1) is 0 Å². The second-order valence-corrected chi connectivity index (χ2v) is 4.50. The number of nitro benzene ring substituents is 1. The monoisotopic (exact) mass is 335 g/mol. The summed E-state index contributed by atoms with van der Waals surface area (Å²) in [6, 6.07) is 5.22. The van der Waals surface area contributed by atoms with Gasteiger partial charge in [-0.2, -0.15) is 0 Å². The molecule has 0 amide bonds. The molecular formula is C10H14IN3O2. The van der Waals surface area contributed by atoms with Crippen LogP contribution in [0, 0.1) is 13.7 Å². The number of hydrogen-bond donors (Lipinski definition) is 1. The van der Waals surface area contributed by atoms with E-state index in [0.29, 0.717) is 25.3 Å². The van der Waals surface area contributed by atoms with Gasteiger partial charge < -0.3 is 10.6 Å². The van der Waals surface area contributed by atoms with Gasteiger partial charge in [0.25, 0.3) is 5.69 Å². The van der Waals surface area contributed by atoms with Crippen molar-refractivity contribution in [3.05, 3.63) is 31.9 Å². The van der Waals surface area contributed by atoms with Crippen molar-refractivity contribution in [2.45, 2.75) is 6.92 Å². The maximum Gasteiger partial charge on any atom is 0.293 e. The van der Waals surface area contributed by atoms with Crippen LogP contribution in [0.4, 0.5) is 11.4 Å². The summed E-state index contributed by atoms with van der Waals surface area (Å²) >= 11 is 2.06. The zero-order valence-electron chi connectivity index (χ0n) is 9.02.